The van der Waals surface area contributed by atoms with Gasteiger partial charge in [0.25, 0.3) is 0 Å². The van der Waals surface area contributed by atoms with E-state index < -0.39 is 0 Å². The van der Waals surface area contributed by atoms with Gasteiger partial charge in [-0.15, -0.1) is 0 Å². The molecule has 0 saturated carbocycles. The van der Waals surface area contributed by atoms with E-state index in [1.165, 1.54) is 5.56 Å². The van der Waals surface area contributed by atoms with E-state index in [0.29, 0.717) is 0 Å². The van der Waals surface area contributed by atoms with Gasteiger partial charge < -0.3 is 4.74 Å². The number of hydrogen-bond donors (Lipinski definition) is 0. The molecule has 1 heterocycles. The molecule has 3 rings (SSSR count). The summed E-state index contributed by atoms with van der Waals surface area (Å²) in [6.07, 6.45) is 0.896. The van der Waals surface area contributed by atoms with Gasteiger partial charge in [-0.1, -0.05) is 29.8 Å². The first kappa shape index (κ1) is 14.1. The molecule has 21 heavy (non-hydrogen) atoms. The Morgan fingerprint density at radius 1 is 1.10 bits per heavy atom. The summed E-state index contributed by atoms with van der Waals surface area (Å²) in [4.78, 5) is 0. The molecule has 0 N–H and O–H groups in total. The lowest BCUT2D eigenvalue weighted by atomic mass is 9.92. The van der Waals surface area contributed by atoms with Crippen LogP contribution in [0.5, 0.6) is 5.75 Å². The second-order valence-corrected chi connectivity index (χ2v) is 5.74. The third-order valence-corrected chi connectivity index (χ3v) is 3.98. The number of azo groups is 1. The first-order valence-corrected chi connectivity index (χ1v) is 7.37. The Balaban J connectivity index is 2.11. The molecule has 0 fully saturated rings. The van der Waals surface area contributed by atoms with E-state index in [9.17, 15) is 0 Å². The monoisotopic (exact) mass is 300 g/mol. The Labute approximate surface area is 129 Å². The first-order chi connectivity index (χ1) is 10.2. The highest BCUT2D eigenvalue weighted by molar-refractivity contribution is 6.30. The van der Waals surface area contributed by atoms with Crippen molar-refractivity contribution in [2.75, 3.05) is 7.11 Å². The quantitative estimate of drug-likeness (QED) is 0.781. The summed E-state index contributed by atoms with van der Waals surface area (Å²) in [5.74, 6) is 0.845. The number of halogens is 1. The highest BCUT2D eigenvalue weighted by atomic mass is 35.5. The third-order valence-electron chi connectivity index (χ3n) is 3.73. The molecule has 0 aliphatic carbocycles. The molecule has 0 saturated heterocycles. The van der Waals surface area contributed by atoms with Crippen LogP contribution in [0.1, 0.15) is 29.7 Å². The number of rotatable bonds is 2. The van der Waals surface area contributed by atoms with E-state index >= 15 is 0 Å². The second kappa shape index (κ2) is 5.86. The van der Waals surface area contributed by atoms with Gasteiger partial charge in [-0.05, 0) is 54.3 Å². The lowest BCUT2D eigenvalue weighted by Gasteiger charge is -2.15. The fourth-order valence-electron chi connectivity index (χ4n) is 2.63. The van der Waals surface area contributed by atoms with Crippen molar-refractivity contribution in [2.45, 2.75) is 25.4 Å². The molecule has 108 valence electrons. The predicted molar refractivity (Wildman–Crippen MR) is 84.3 cm³/mol. The van der Waals surface area contributed by atoms with Crippen molar-refractivity contribution in [3.8, 4) is 5.75 Å². The number of nitrogens with zero attached hydrogens (tertiary/aromatic N) is 2. The van der Waals surface area contributed by atoms with E-state index in [0.717, 1.165) is 28.3 Å². The minimum absolute atomic E-state index is 0.0997. The van der Waals surface area contributed by atoms with Crippen LogP contribution in [0, 0.1) is 0 Å². The Morgan fingerprint density at radius 3 is 2.57 bits per heavy atom. The maximum atomic E-state index is 5.98. The van der Waals surface area contributed by atoms with Gasteiger partial charge in [0.2, 0.25) is 0 Å². The Bertz CT molecular complexity index is 667. The molecule has 0 spiro atoms. The Morgan fingerprint density at radius 2 is 1.86 bits per heavy atom. The number of fused-ring (bicyclic) bond motifs is 1. The van der Waals surface area contributed by atoms with E-state index in [-0.39, 0.29) is 12.1 Å². The lowest BCUT2D eigenvalue weighted by molar-refractivity contribution is 0.414. The van der Waals surface area contributed by atoms with Crippen molar-refractivity contribution in [1.82, 2.24) is 0 Å². The van der Waals surface area contributed by atoms with Gasteiger partial charge in [0, 0.05) is 5.02 Å². The van der Waals surface area contributed by atoms with E-state index in [2.05, 4.69) is 29.3 Å². The van der Waals surface area contributed by atoms with E-state index in [4.69, 9.17) is 16.3 Å². The molecule has 2 aromatic rings. The smallest absolute Gasteiger partial charge is 0.121 e. The average molecular weight is 301 g/mol. The number of ether oxygens (including phenoxy) is 1. The van der Waals surface area contributed by atoms with Gasteiger partial charge in [-0.3, -0.25) is 0 Å². The van der Waals surface area contributed by atoms with Gasteiger partial charge in [-0.25, -0.2) is 0 Å². The fourth-order valence-corrected chi connectivity index (χ4v) is 2.76. The minimum Gasteiger partial charge on any atom is -0.497 e. The molecule has 2 unspecified atom stereocenters. The highest BCUT2D eigenvalue weighted by Crippen LogP contribution is 2.35. The zero-order chi connectivity index (χ0) is 14.8. The summed E-state index contributed by atoms with van der Waals surface area (Å²) in [6.45, 7) is 2.09. The summed E-state index contributed by atoms with van der Waals surface area (Å²) < 4.78 is 5.36. The van der Waals surface area contributed by atoms with Crippen LogP contribution in [0.4, 0.5) is 0 Å². The molecule has 4 heteroatoms. The molecule has 0 radical (unpaired) electrons. The third kappa shape index (κ3) is 2.93. The molecule has 2 atom stereocenters. The molecular formula is C17H17ClN2O. The predicted octanol–water partition coefficient (Wildman–Crippen LogP) is 4.83. The van der Waals surface area contributed by atoms with Crippen LogP contribution < -0.4 is 4.74 Å². The van der Waals surface area contributed by atoms with Gasteiger partial charge >= 0.3 is 0 Å². The van der Waals surface area contributed by atoms with Crippen LogP contribution >= 0.6 is 11.6 Å². The normalized spacial score (nSPS) is 20.7. The molecule has 1 aliphatic rings. The maximum absolute atomic E-state index is 5.98. The van der Waals surface area contributed by atoms with E-state index in [1.54, 1.807) is 7.11 Å². The van der Waals surface area contributed by atoms with Crippen molar-refractivity contribution in [3.05, 3.63) is 64.2 Å². The number of benzene rings is 2. The zero-order valence-electron chi connectivity index (χ0n) is 12.1. The van der Waals surface area contributed by atoms with Crippen LogP contribution in [0.15, 0.2) is 52.7 Å². The van der Waals surface area contributed by atoms with Crippen molar-refractivity contribution < 1.29 is 4.74 Å². The van der Waals surface area contributed by atoms with Crippen LogP contribution in [0.3, 0.4) is 0 Å². The summed E-state index contributed by atoms with van der Waals surface area (Å²) in [5, 5.41) is 9.70. The Hall–Kier alpha value is -1.87. The van der Waals surface area contributed by atoms with Crippen LogP contribution in [0.25, 0.3) is 0 Å². The first-order valence-electron chi connectivity index (χ1n) is 6.99. The molecule has 0 aromatic heterocycles. The topological polar surface area (TPSA) is 34.0 Å². The maximum Gasteiger partial charge on any atom is 0.121 e. The molecular weight excluding hydrogens is 284 g/mol. The lowest BCUT2D eigenvalue weighted by Crippen LogP contribution is -2.04. The van der Waals surface area contributed by atoms with Crippen LogP contribution in [0.2, 0.25) is 5.02 Å². The van der Waals surface area contributed by atoms with Crippen LogP contribution in [-0.4, -0.2) is 13.2 Å². The molecule has 0 bridgehead atoms. The second-order valence-electron chi connectivity index (χ2n) is 5.30. The van der Waals surface area contributed by atoms with E-state index in [1.807, 2.05) is 30.3 Å². The van der Waals surface area contributed by atoms with Crippen LogP contribution in [-0.2, 0) is 6.42 Å². The van der Waals surface area contributed by atoms with Gasteiger partial charge in [-0.2, -0.15) is 10.2 Å². The Kier molecular flexibility index (Phi) is 3.93. The van der Waals surface area contributed by atoms with Crippen molar-refractivity contribution >= 4 is 11.6 Å². The van der Waals surface area contributed by atoms with Crippen molar-refractivity contribution in [1.29, 1.82) is 0 Å². The van der Waals surface area contributed by atoms with Gasteiger partial charge in [0.15, 0.2) is 0 Å². The zero-order valence-corrected chi connectivity index (χ0v) is 12.8. The standard InChI is InChI=1S/C17H17ClN2O/c1-11-9-13-5-8-15(21-2)10-16(13)17(20-19-11)12-3-6-14(18)7-4-12/h3-8,10-11,17H,9H2,1-2H3. The molecule has 3 nitrogen and oxygen atoms in total. The summed E-state index contributed by atoms with van der Waals surface area (Å²) in [5.41, 5.74) is 3.52. The summed E-state index contributed by atoms with van der Waals surface area (Å²) in [7, 11) is 1.68. The number of methoxy groups -OCH3 is 1. The summed E-state index contributed by atoms with van der Waals surface area (Å²) in [6, 6.07) is 14.1. The fraction of sp³-hybridized carbons (Fsp3) is 0.294. The SMILES string of the molecule is COc1ccc2c(c1)C(c1ccc(Cl)cc1)N=NC(C)C2. The minimum atomic E-state index is -0.0997. The van der Waals surface area contributed by atoms with Gasteiger partial charge in [0.1, 0.15) is 11.8 Å². The molecule has 2 aromatic carbocycles. The van der Waals surface area contributed by atoms with Crippen molar-refractivity contribution in [2.24, 2.45) is 10.2 Å². The summed E-state index contributed by atoms with van der Waals surface area (Å²) >= 11 is 5.98. The largest absolute Gasteiger partial charge is 0.497 e. The molecule has 0 amide bonds. The number of hydrogen-bond acceptors (Lipinski definition) is 3. The highest BCUT2D eigenvalue weighted by Gasteiger charge is 2.22. The van der Waals surface area contributed by atoms with Gasteiger partial charge in [0.05, 0.1) is 13.2 Å². The molecule has 1 aliphatic heterocycles. The van der Waals surface area contributed by atoms with Crippen molar-refractivity contribution in [3.63, 3.8) is 0 Å². The average Bonchev–Trinajstić information content (AvgIpc) is 2.66.